The van der Waals surface area contributed by atoms with Crippen molar-refractivity contribution >= 4 is 5.91 Å². The Kier molecular flexibility index (Phi) is 5.42. The fraction of sp³-hybridized carbons (Fsp3) is 0.824. The molecule has 1 aliphatic heterocycles. The van der Waals surface area contributed by atoms with Crippen molar-refractivity contribution in [2.24, 2.45) is 10.8 Å². The Morgan fingerprint density at radius 2 is 1.65 bits per heavy atom. The van der Waals surface area contributed by atoms with E-state index in [1.54, 1.807) is 0 Å². The molecule has 1 amide bonds. The third-order valence-electron chi connectivity index (χ3n) is 3.80. The third-order valence-corrected chi connectivity index (χ3v) is 3.80. The Hall–Kier alpha value is -0.830. The Morgan fingerprint density at radius 3 is 2.10 bits per heavy atom. The molecule has 3 heteroatoms. The Bertz CT molecular complexity index is 383. The molecule has 0 saturated carbocycles. The van der Waals surface area contributed by atoms with Crippen molar-refractivity contribution in [3.05, 3.63) is 11.3 Å². The first-order valence-electron chi connectivity index (χ1n) is 7.82. The molecular formula is C17H32N2O. The van der Waals surface area contributed by atoms with Gasteiger partial charge in [-0.1, -0.05) is 54.9 Å². The minimum atomic E-state index is -0.0287. The first kappa shape index (κ1) is 17.2. The fourth-order valence-corrected chi connectivity index (χ4v) is 2.61. The predicted octanol–water partition coefficient (Wildman–Crippen LogP) is 3.56. The van der Waals surface area contributed by atoms with Crippen LogP contribution in [0.1, 0.15) is 61.3 Å². The summed E-state index contributed by atoms with van der Waals surface area (Å²) >= 11 is 0. The van der Waals surface area contributed by atoms with Crippen molar-refractivity contribution in [3.8, 4) is 0 Å². The third kappa shape index (κ3) is 4.62. The Balaban J connectivity index is 3.16. The van der Waals surface area contributed by atoms with E-state index in [-0.39, 0.29) is 16.7 Å². The average molecular weight is 280 g/mol. The molecule has 0 unspecified atom stereocenters. The van der Waals surface area contributed by atoms with Crippen LogP contribution in [0, 0.1) is 10.8 Å². The molecule has 0 saturated heterocycles. The van der Waals surface area contributed by atoms with Gasteiger partial charge in [0.25, 0.3) is 0 Å². The lowest BCUT2D eigenvalue weighted by Crippen LogP contribution is -2.36. The van der Waals surface area contributed by atoms with Gasteiger partial charge in [0.1, 0.15) is 0 Å². The van der Waals surface area contributed by atoms with Gasteiger partial charge in [-0.15, -0.1) is 0 Å². The van der Waals surface area contributed by atoms with E-state index in [9.17, 15) is 4.79 Å². The average Bonchev–Trinajstić information content (AvgIpc) is 2.44. The largest absolute Gasteiger partial charge is 0.328 e. The van der Waals surface area contributed by atoms with Crippen molar-refractivity contribution in [2.75, 3.05) is 19.6 Å². The van der Waals surface area contributed by atoms with Crippen LogP contribution in [0.25, 0.3) is 0 Å². The lowest BCUT2D eigenvalue weighted by atomic mass is 9.78. The topological polar surface area (TPSA) is 32.3 Å². The number of carbonyl (C=O) groups is 1. The van der Waals surface area contributed by atoms with E-state index in [4.69, 9.17) is 0 Å². The number of hydrogen-bond donors (Lipinski definition) is 1. The van der Waals surface area contributed by atoms with E-state index in [2.05, 4.69) is 58.7 Å². The van der Waals surface area contributed by atoms with Crippen molar-refractivity contribution in [1.29, 1.82) is 0 Å². The zero-order chi connectivity index (χ0) is 15.6. The maximum atomic E-state index is 12.2. The minimum Gasteiger partial charge on any atom is -0.328 e. The van der Waals surface area contributed by atoms with E-state index in [0.29, 0.717) is 6.54 Å². The van der Waals surface area contributed by atoms with Crippen LogP contribution in [0.15, 0.2) is 11.3 Å². The summed E-state index contributed by atoms with van der Waals surface area (Å²) in [7, 11) is 0. The molecule has 0 aromatic carbocycles. The smallest absolute Gasteiger partial charge is 0.238 e. The lowest BCUT2D eigenvalue weighted by Gasteiger charge is -2.33. The first-order valence-corrected chi connectivity index (χ1v) is 7.82. The highest BCUT2D eigenvalue weighted by Crippen LogP contribution is 2.36. The molecule has 1 heterocycles. The standard InChI is InChI=1S/C17H32N2O/c1-8-9-10-19-11-13(16(2,3)4)15(17(5,6)7)18-14(20)12-19/h8-12H2,1-7H3,(H,18,20). The van der Waals surface area contributed by atoms with E-state index in [1.807, 2.05) is 0 Å². The molecule has 3 nitrogen and oxygen atoms in total. The van der Waals surface area contributed by atoms with Crippen LogP contribution < -0.4 is 5.32 Å². The minimum absolute atomic E-state index is 0.0287. The maximum Gasteiger partial charge on any atom is 0.238 e. The van der Waals surface area contributed by atoms with Crippen molar-refractivity contribution in [1.82, 2.24) is 10.2 Å². The summed E-state index contributed by atoms with van der Waals surface area (Å²) in [5, 5.41) is 3.18. The SMILES string of the molecule is CCCCN1CC(=O)NC(C(C)(C)C)=C(C(C)(C)C)C1. The summed E-state index contributed by atoms with van der Waals surface area (Å²) in [6.07, 6.45) is 2.31. The molecule has 0 aromatic rings. The molecule has 0 aliphatic carbocycles. The van der Waals surface area contributed by atoms with Gasteiger partial charge in [0.15, 0.2) is 0 Å². The van der Waals surface area contributed by atoms with Crippen molar-refractivity contribution < 1.29 is 4.79 Å². The van der Waals surface area contributed by atoms with Gasteiger partial charge in [0.2, 0.25) is 5.91 Å². The highest BCUT2D eigenvalue weighted by atomic mass is 16.2. The molecule has 0 aromatic heterocycles. The quantitative estimate of drug-likeness (QED) is 0.857. The normalized spacial score (nSPS) is 19.1. The molecule has 1 rings (SSSR count). The van der Waals surface area contributed by atoms with Gasteiger partial charge < -0.3 is 5.32 Å². The second kappa shape index (κ2) is 6.30. The first-order chi connectivity index (χ1) is 9.05. The van der Waals surface area contributed by atoms with Gasteiger partial charge in [-0.25, -0.2) is 0 Å². The van der Waals surface area contributed by atoms with Crippen LogP contribution in [-0.2, 0) is 4.79 Å². The summed E-state index contributed by atoms with van der Waals surface area (Å²) in [4.78, 5) is 14.5. The van der Waals surface area contributed by atoms with Crippen LogP contribution in [-0.4, -0.2) is 30.4 Å². The fourth-order valence-electron chi connectivity index (χ4n) is 2.61. The maximum absolute atomic E-state index is 12.2. The lowest BCUT2D eigenvalue weighted by molar-refractivity contribution is -0.121. The molecule has 0 fully saturated rings. The van der Waals surface area contributed by atoms with E-state index in [0.717, 1.165) is 25.2 Å². The van der Waals surface area contributed by atoms with Crippen LogP contribution in [0.4, 0.5) is 0 Å². The van der Waals surface area contributed by atoms with Gasteiger partial charge in [-0.05, 0) is 24.0 Å². The van der Waals surface area contributed by atoms with Crippen molar-refractivity contribution in [3.63, 3.8) is 0 Å². The zero-order valence-electron chi connectivity index (χ0n) is 14.4. The number of nitrogens with zero attached hydrogens (tertiary/aromatic N) is 1. The van der Waals surface area contributed by atoms with Crippen LogP contribution in [0.3, 0.4) is 0 Å². The second-order valence-electron chi connectivity index (χ2n) is 7.97. The van der Waals surface area contributed by atoms with Gasteiger partial charge in [-0.3, -0.25) is 9.69 Å². The number of rotatable bonds is 3. The monoisotopic (exact) mass is 280 g/mol. The van der Waals surface area contributed by atoms with Gasteiger partial charge >= 0.3 is 0 Å². The van der Waals surface area contributed by atoms with Gasteiger partial charge in [0, 0.05) is 17.7 Å². The van der Waals surface area contributed by atoms with E-state index in [1.165, 1.54) is 12.0 Å². The number of hydrogen-bond acceptors (Lipinski definition) is 2. The molecular weight excluding hydrogens is 248 g/mol. The van der Waals surface area contributed by atoms with Crippen molar-refractivity contribution in [2.45, 2.75) is 61.3 Å². The molecule has 1 aliphatic rings. The van der Waals surface area contributed by atoms with E-state index >= 15 is 0 Å². The predicted molar refractivity (Wildman–Crippen MR) is 85.4 cm³/mol. The van der Waals surface area contributed by atoms with Gasteiger partial charge in [0.05, 0.1) is 6.54 Å². The molecule has 116 valence electrons. The number of nitrogens with one attached hydrogen (secondary N) is 1. The van der Waals surface area contributed by atoms with Crippen LogP contribution in [0.5, 0.6) is 0 Å². The van der Waals surface area contributed by atoms with Crippen LogP contribution in [0.2, 0.25) is 0 Å². The van der Waals surface area contributed by atoms with Gasteiger partial charge in [-0.2, -0.15) is 0 Å². The van der Waals surface area contributed by atoms with Crippen LogP contribution >= 0.6 is 0 Å². The number of carbonyl (C=O) groups excluding carboxylic acids is 1. The summed E-state index contributed by atoms with van der Waals surface area (Å²) < 4.78 is 0. The Labute approximate surface area is 124 Å². The second-order valence-corrected chi connectivity index (χ2v) is 7.97. The molecule has 0 spiro atoms. The Morgan fingerprint density at radius 1 is 1.05 bits per heavy atom. The van der Waals surface area contributed by atoms with E-state index < -0.39 is 0 Å². The molecule has 20 heavy (non-hydrogen) atoms. The molecule has 0 atom stereocenters. The highest BCUT2D eigenvalue weighted by molar-refractivity contribution is 5.80. The number of amides is 1. The highest BCUT2D eigenvalue weighted by Gasteiger charge is 2.33. The summed E-state index contributed by atoms with van der Waals surface area (Å²) in [5.41, 5.74) is 2.53. The summed E-state index contributed by atoms with van der Waals surface area (Å²) in [6.45, 7) is 17.9. The number of unbranched alkanes of at least 4 members (excludes halogenated alkanes) is 1. The molecule has 0 radical (unpaired) electrons. The summed E-state index contributed by atoms with van der Waals surface area (Å²) in [5.74, 6) is 0.130. The summed E-state index contributed by atoms with van der Waals surface area (Å²) in [6, 6.07) is 0. The molecule has 0 bridgehead atoms. The molecule has 1 N–H and O–H groups in total. The number of allylic oxidation sites excluding steroid dienone is 1. The zero-order valence-corrected chi connectivity index (χ0v) is 14.4.